The largest absolute Gasteiger partial charge is 0.370 e. The first-order valence-corrected chi connectivity index (χ1v) is 8.35. The van der Waals surface area contributed by atoms with Crippen molar-refractivity contribution in [2.45, 2.75) is 19.1 Å². The molecule has 25 heavy (non-hydrogen) atoms. The Labute approximate surface area is 148 Å². The maximum atomic E-state index is 12.4. The molecule has 3 rings (SSSR count). The molecule has 0 radical (unpaired) electrons. The van der Waals surface area contributed by atoms with E-state index < -0.39 is 11.2 Å². The summed E-state index contributed by atoms with van der Waals surface area (Å²) in [6.45, 7) is 1.65. The van der Waals surface area contributed by atoms with Crippen LogP contribution in [0.2, 0.25) is 5.02 Å². The lowest BCUT2D eigenvalue weighted by Gasteiger charge is -2.33. The molecule has 1 saturated heterocycles. The maximum Gasteiger partial charge on any atom is 0.328 e. The molecule has 1 aromatic carbocycles. The number of aromatic nitrogens is 2. The van der Waals surface area contributed by atoms with Gasteiger partial charge in [0.05, 0.1) is 13.2 Å². The van der Waals surface area contributed by atoms with Crippen molar-refractivity contribution in [1.82, 2.24) is 14.5 Å². The van der Waals surface area contributed by atoms with Crippen LogP contribution in [0.15, 0.2) is 46.1 Å². The van der Waals surface area contributed by atoms with Crippen molar-refractivity contribution in [3.05, 3.63) is 68.0 Å². The first kappa shape index (κ1) is 17.4. The van der Waals surface area contributed by atoms with Crippen LogP contribution in [0.4, 0.5) is 0 Å². The number of aryl methyl sites for hydroxylation is 1. The number of nitrogens with zero attached hydrogens (tertiary/aromatic N) is 2. The van der Waals surface area contributed by atoms with Crippen LogP contribution in [-0.2, 0) is 16.1 Å². The first-order chi connectivity index (χ1) is 12.0. The number of H-pyrrole nitrogens is 1. The summed E-state index contributed by atoms with van der Waals surface area (Å²) in [7, 11) is 0. The number of benzene rings is 1. The second kappa shape index (κ2) is 7.67. The molecule has 8 heteroatoms. The van der Waals surface area contributed by atoms with E-state index in [1.54, 1.807) is 17.0 Å². The van der Waals surface area contributed by atoms with E-state index in [1.807, 2.05) is 12.1 Å². The molecular formula is C17H18ClN3O4. The third kappa shape index (κ3) is 4.37. The standard InChI is InChI=1S/C17H18ClN3O4/c18-13-3-1-12(2-4-13)14-11-21(9-10-25-14)16(23)6-8-20-7-5-15(22)19-17(20)24/h1-5,7,14H,6,8-11H2,(H,19,22,24)/t14-/m0/s1. The van der Waals surface area contributed by atoms with E-state index >= 15 is 0 Å². The molecule has 2 heterocycles. The Morgan fingerprint density at radius 3 is 2.72 bits per heavy atom. The van der Waals surface area contributed by atoms with Gasteiger partial charge in [-0.15, -0.1) is 0 Å². The Morgan fingerprint density at radius 1 is 1.24 bits per heavy atom. The molecule has 7 nitrogen and oxygen atoms in total. The second-order valence-corrected chi connectivity index (χ2v) is 6.24. The predicted molar refractivity (Wildman–Crippen MR) is 92.7 cm³/mol. The first-order valence-electron chi connectivity index (χ1n) is 7.97. The zero-order valence-corrected chi connectivity index (χ0v) is 14.2. The van der Waals surface area contributed by atoms with Gasteiger partial charge < -0.3 is 14.2 Å². The average molecular weight is 364 g/mol. The van der Waals surface area contributed by atoms with Crippen LogP contribution < -0.4 is 11.2 Å². The van der Waals surface area contributed by atoms with E-state index in [0.717, 1.165) is 5.56 Å². The minimum absolute atomic E-state index is 0.0552. The highest BCUT2D eigenvalue weighted by Gasteiger charge is 2.25. The number of morpholine rings is 1. The van der Waals surface area contributed by atoms with Crippen LogP contribution >= 0.6 is 11.6 Å². The highest BCUT2D eigenvalue weighted by Crippen LogP contribution is 2.24. The number of ether oxygens (including phenoxy) is 1. The summed E-state index contributed by atoms with van der Waals surface area (Å²) in [4.78, 5) is 39.0. The van der Waals surface area contributed by atoms with E-state index in [2.05, 4.69) is 4.98 Å². The lowest BCUT2D eigenvalue weighted by atomic mass is 10.1. The van der Waals surface area contributed by atoms with Crippen molar-refractivity contribution in [1.29, 1.82) is 0 Å². The number of carbonyl (C=O) groups excluding carboxylic acids is 1. The lowest BCUT2D eigenvalue weighted by Crippen LogP contribution is -2.42. The van der Waals surface area contributed by atoms with Crippen molar-refractivity contribution < 1.29 is 9.53 Å². The number of halogens is 1. The molecular weight excluding hydrogens is 346 g/mol. The van der Waals surface area contributed by atoms with Gasteiger partial charge in [-0.3, -0.25) is 14.6 Å². The van der Waals surface area contributed by atoms with Crippen LogP contribution in [0.25, 0.3) is 0 Å². The van der Waals surface area contributed by atoms with Crippen LogP contribution in [0.5, 0.6) is 0 Å². The summed E-state index contributed by atoms with van der Waals surface area (Å²) in [5.74, 6) is -0.0552. The molecule has 1 aliphatic rings. The quantitative estimate of drug-likeness (QED) is 0.884. The number of aromatic amines is 1. The molecule has 0 aliphatic carbocycles. The SMILES string of the molecule is O=C(CCn1ccc(=O)[nH]c1=O)N1CCO[C@H](c2ccc(Cl)cc2)C1. The minimum Gasteiger partial charge on any atom is -0.370 e. The minimum atomic E-state index is -0.513. The van der Waals surface area contributed by atoms with Crippen molar-refractivity contribution in [3.63, 3.8) is 0 Å². The summed E-state index contributed by atoms with van der Waals surface area (Å²) in [6, 6.07) is 8.63. The number of hydrogen-bond acceptors (Lipinski definition) is 4. The van der Waals surface area contributed by atoms with Gasteiger partial charge in [0.2, 0.25) is 5.91 Å². The number of hydrogen-bond donors (Lipinski definition) is 1. The molecule has 0 unspecified atom stereocenters. The molecule has 1 aliphatic heterocycles. The molecule has 2 aromatic rings. The monoisotopic (exact) mass is 363 g/mol. The van der Waals surface area contributed by atoms with Crippen LogP contribution in [0, 0.1) is 0 Å². The van der Waals surface area contributed by atoms with Gasteiger partial charge in [-0.1, -0.05) is 23.7 Å². The highest BCUT2D eigenvalue weighted by molar-refractivity contribution is 6.30. The molecule has 1 N–H and O–H groups in total. The molecule has 0 spiro atoms. The Kier molecular flexibility index (Phi) is 5.35. The molecule has 0 bridgehead atoms. The van der Waals surface area contributed by atoms with Crippen LogP contribution in [0.1, 0.15) is 18.1 Å². The molecule has 1 atom stereocenters. The highest BCUT2D eigenvalue weighted by atomic mass is 35.5. The van der Waals surface area contributed by atoms with E-state index in [-0.39, 0.29) is 25.0 Å². The van der Waals surface area contributed by atoms with Gasteiger partial charge in [0.25, 0.3) is 5.56 Å². The van der Waals surface area contributed by atoms with E-state index in [1.165, 1.54) is 16.8 Å². The fraction of sp³-hybridized carbons (Fsp3) is 0.353. The predicted octanol–water partition coefficient (Wildman–Crippen LogP) is 1.18. The fourth-order valence-electron chi connectivity index (χ4n) is 2.75. The summed E-state index contributed by atoms with van der Waals surface area (Å²) < 4.78 is 7.06. The fourth-order valence-corrected chi connectivity index (χ4v) is 2.88. The summed E-state index contributed by atoms with van der Waals surface area (Å²) in [5, 5.41) is 0.652. The lowest BCUT2D eigenvalue weighted by molar-refractivity contribution is -0.139. The normalized spacial score (nSPS) is 17.5. The Hall–Kier alpha value is -2.38. The smallest absolute Gasteiger partial charge is 0.328 e. The van der Waals surface area contributed by atoms with Gasteiger partial charge in [-0.2, -0.15) is 0 Å². The van der Waals surface area contributed by atoms with Crippen LogP contribution in [0.3, 0.4) is 0 Å². The Morgan fingerprint density at radius 2 is 2.00 bits per heavy atom. The van der Waals surface area contributed by atoms with Crippen LogP contribution in [-0.4, -0.2) is 40.1 Å². The number of amides is 1. The van der Waals surface area contributed by atoms with Gasteiger partial charge >= 0.3 is 5.69 Å². The third-order valence-corrected chi connectivity index (χ3v) is 4.38. The zero-order chi connectivity index (χ0) is 17.8. The topological polar surface area (TPSA) is 84.4 Å². The van der Waals surface area contributed by atoms with Crippen molar-refractivity contribution in [2.24, 2.45) is 0 Å². The Bertz CT molecular complexity index is 859. The van der Waals surface area contributed by atoms with Gasteiger partial charge in [0.15, 0.2) is 0 Å². The molecule has 0 saturated carbocycles. The van der Waals surface area contributed by atoms with Crippen molar-refractivity contribution >= 4 is 17.5 Å². The van der Waals surface area contributed by atoms with Gasteiger partial charge in [0, 0.05) is 36.8 Å². The third-order valence-electron chi connectivity index (χ3n) is 4.12. The van der Waals surface area contributed by atoms with Gasteiger partial charge in [-0.05, 0) is 17.7 Å². The maximum absolute atomic E-state index is 12.4. The molecule has 1 aromatic heterocycles. The van der Waals surface area contributed by atoms with Crippen molar-refractivity contribution in [2.75, 3.05) is 19.7 Å². The van der Waals surface area contributed by atoms with Gasteiger partial charge in [-0.25, -0.2) is 4.79 Å². The number of rotatable bonds is 4. The van der Waals surface area contributed by atoms with E-state index in [4.69, 9.17) is 16.3 Å². The zero-order valence-electron chi connectivity index (χ0n) is 13.5. The van der Waals surface area contributed by atoms with Gasteiger partial charge in [0.1, 0.15) is 6.10 Å². The second-order valence-electron chi connectivity index (χ2n) is 5.80. The number of carbonyl (C=O) groups is 1. The molecule has 1 amide bonds. The Balaban J connectivity index is 1.61. The summed E-state index contributed by atoms with van der Waals surface area (Å²) >= 11 is 5.90. The molecule has 1 fully saturated rings. The van der Waals surface area contributed by atoms with Crippen molar-refractivity contribution in [3.8, 4) is 0 Å². The summed E-state index contributed by atoms with van der Waals surface area (Å²) in [6.07, 6.45) is 1.38. The average Bonchev–Trinajstić information content (AvgIpc) is 2.61. The van der Waals surface area contributed by atoms with E-state index in [0.29, 0.717) is 24.7 Å². The number of nitrogens with one attached hydrogen (secondary N) is 1. The summed E-state index contributed by atoms with van der Waals surface area (Å²) in [5.41, 5.74) is 0.00614. The van der Waals surface area contributed by atoms with E-state index in [9.17, 15) is 14.4 Å². The molecule has 132 valence electrons.